The number of nitrogens with one attached hydrogen (secondary N) is 1. The molecule has 0 bridgehead atoms. The Bertz CT molecular complexity index is 918. The Morgan fingerprint density at radius 3 is 2.75 bits per heavy atom. The van der Waals surface area contributed by atoms with Crippen LogP contribution >= 0.6 is 11.3 Å². The monoisotopic (exact) mass is 401 g/mol. The van der Waals surface area contributed by atoms with Gasteiger partial charge in [0.2, 0.25) is 0 Å². The van der Waals surface area contributed by atoms with Gasteiger partial charge in [-0.3, -0.25) is 4.79 Å². The van der Waals surface area contributed by atoms with E-state index in [2.05, 4.69) is 17.0 Å². The van der Waals surface area contributed by atoms with Crippen LogP contribution in [0.5, 0.6) is 0 Å². The minimum absolute atomic E-state index is 0.332. The molecule has 148 valence electrons. The lowest BCUT2D eigenvalue weighted by Crippen LogP contribution is -2.21. The molecule has 0 saturated carbocycles. The van der Waals surface area contributed by atoms with E-state index in [1.54, 1.807) is 19.1 Å². The van der Waals surface area contributed by atoms with Crippen molar-refractivity contribution in [1.29, 1.82) is 0 Å². The molecule has 0 saturated heterocycles. The molecule has 1 heterocycles. The number of thiophene rings is 1. The number of amides is 1. The summed E-state index contributed by atoms with van der Waals surface area (Å²) >= 11 is 1.45. The minimum Gasteiger partial charge on any atom is -0.465 e. The van der Waals surface area contributed by atoms with E-state index in [1.807, 2.05) is 6.07 Å². The van der Waals surface area contributed by atoms with Gasteiger partial charge < -0.3 is 14.8 Å². The van der Waals surface area contributed by atoms with Crippen LogP contribution in [0, 0.1) is 12.8 Å². The smallest absolute Gasteiger partial charge is 0.348 e. The number of rotatable bonds is 5. The molecule has 1 aliphatic rings. The van der Waals surface area contributed by atoms with Gasteiger partial charge in [-0.25, -0.2) is 9.59 Å². The molecule has 0 radical (unpaired) electrons. The zero-order valence-electron chi connectivity index (χ0n) is 16.2. The largest absolute Gasteiger partial charge is 0.465 e. The van der Waals surface area contributed by atoms with E-state index in [4.69, 9.17) is 4.74 Å². The first-order valence-electron chi connectivity index (χ1n) is 9.15. The number of benzene rings is 1. The number of fused-ring (bicyclic) bond motifs is 1. The summed E-state index contributed by atoms with van der Waals surface area (Å²) in [4.78, 5) is 37.9. The summed E-state index contributed by atoms with van der Waals surface area (Å²) in [5, 5.41) is 2.67. The van der Waals surface area contributed by atoms with Gasteiger partial charge in [0.15, 0.2) is 6.61 Å². The zero-order valence-corrected chi connectivity index (χ0v) is 17.0. The van der Waals surface area contributed by atoms with E-state index in [9.17, 15) is 14.4 Å². The fourth-order valence-electron chi connectivity index (χ4n) is 3.20. The Morgan fingerprint density at radius 2 is 2.00 bits per heavy atom. The summed E-state index contributed by atoms with van der Waals surface area (Å²) < 4.78 is 9.86. The highest BCUT2D eigenvalue weighted by molar-refractivity contribution is 7.14. The maximum atomic E-state index is 12.3. The molecule has 1 aliphatic carbocycles. The van der Waals surface area contributed by atoms with Gasteiger partial charge in [-0.05, 0) is 61.4 Å². The predicted octanol–water partition coefficient (Wildman–Crippen LogP) is 3.76. The number of carbonyl (C=O) groups excluding carboxylic acids is 3. The van der Waals surface area contributed by atoms with E-state index < -0.39 is 17.8 Å². The van der Waals surface area contributed by atoms with Crippen molar-refractivity contribution >= 4 is 34.9 Å². The van der Waals surface area contributed by atoms with Crippen LogP contribution in [-0.4, -0.2) is 31.6 Å². The lowest BCUT2D eigenvalue weighted by Gasteiger charge is -2.16. The van der Waals surface area contributed by atoms with Crippen molar-refractivity contribution in [2.75, 3.05) is 19.0 Å². The first kappa shape index (κ1) is 20.1. The first-order chi connectivity index (χ1) is 13.4. The molecule has 1 amide bonds. The van der Waals surface area contributed by atoms with Crippen molar-refractivity contribution in [2.45, 2.75) is 33.1 Å². The normalized spacial score (nSPS) is 15.5. The zero-order chi connectivity index (χ0) is 20.3. The maximum absolute atomic E-state index is 12.3. The van der Waals surface area contributed by atoms with Crippen LogP contribution in [0.1, 0.15) is 49.4 Å². The third-order valence-electron chi connectivity index (χ3n) is 4.80. The molecule has 1 atom stereocenters. The van der Waals surface area contributed by atoms with Gasteiger partial charge >= 0.3 is 11.9 Å². The minimum atomic E-state index is -0.488. The first-order valence-corrected chi connectivity index (χ1v) is 9.96. The van der Waals surface area contributed by atoms with Crippen LogP contribution in [-0.2, 0) is 27.1 Å². The summed E-state index contributed by atoms with van der Waals surface area (Å²) in [5.41, 5.74) is 2.81. The number of carbonyl (C=O) groups is 3. The molecule has 2 aromatic rings. The third-order valence-corrected chi connectivity index (χ3v) is 6.01. The van der Waals surface area contributed by atoms with Gasteiger partial charge in [0.05, 0.1) is 12.7 Å². The van der Waals surface area contributed by atoms with E-state index in [0.29, 0.717) is 22.0 Å². The molecule has 1 N–H and O–H groups in total. The second kappa shape index (κ2) is 8.56. The summed E-state index contributed by atoms with van der Waals surface area (Å²) in [6, 6.07) is 6.76. The highest BCUT2D eigenvalue weighted by Gasteiger charge is 2.22. The molecular weight excluding hydrogens is 378 g/mol. The van der Waals surface area contributed by atoms with Crippen molar-refractivity contribution in [3.8, 4) is 0 Å². The lowest BCUT2D eigenvalue weighted by atomic mass is 9.90. The third kappa shape index (κ3) is 4.59. The number of esters is 2. The predicted molar refractivity (Wildman–Crippen MR) is 107 cm³/mol. The molecule has 3 rings (SSSR count). The average Bonchev–Trinajstić information content (AvgIpc) is 3.10. The average molecular weight is 401 g/mol. The SMILES string of the molecule is COC(=O)c1ccc(C)c(NC(=O)COC(=O)c2cc3c(s2)CC[C@H](C)C3)c1. The van der Waals surface area contributed by atoms with Crippen LogP contribution in [0.3, 0.4) is 0 Å². The van der Waals surface area contributed by atoms with Crippen LogP contribution in [0.25, 0.3) is 0 Å². The van der Waals surface area contributed by atoms with Crippen molar-refractivity contribution in [2.24, 2.45) is 5.92 Å². The number of anilines is 1. The number of hydrogen-bond acceptors (Lipinski definition) is 6. The molecule has 0 aliphatic heterocycles. The maximum Gasteiger partial charge on any atom is 0.348 e. The molecule has 0 fully saturated rings. The fraction of sp³-hybridized carbons (Fsp3) is 0.381. The van der Waals surface area contributed by atoms with Crippen LogP contribution < -0.4 is 5.32 Å². The topological polar surface area (TPSA) is 81.7 Å². The molecule has 7 heteroatoms. The molecule has 6 nitrogen and oxygen atoms in total. The second-order valence-electron chi connectivity index (χ2n) is 7.05. The summed E-state index contributed by atoms with van der Waals surface area (Å²) in [7, 11) is 1.29. The van der Waals surface area contributed by atoms with Crippen LogP contribution in [0.2, 0.25) is 0 Å². The summed E-state index contributed by atoms with van der Waals surface area (Å²) in [5.74, 6) is -0.811. The van der Waals surface area contributed by atoms with Gasteiger partial charge in [0.1, 0.15) is 4.88 Å². The van der Waals surface area contributed by atoms with Crippen molar-refractivity contribution in [3.63, 3.8) is 0 Å². The van der Waals surface area contributed by atoms with Crippen molar-refractivity contribution in [1.82, 2.24) is 0 Å². The summed E-state index contributed by atoms with van der Waals surface area (Å²) in [6.45, 7) is 3.62. The highest BCUT2D eigenvalue weighted by atomic mass is 32.1. The Kier molecular flexibility index (Phi) is 6.14. The van der Waals surface area contributed by atoms with E-state index in [0.717, 1.165) is 24.8 Å². The van der Waals surface area contributed by atoms with E-state index >= 15 is 0 Å². The number of aryl methyl sites for hydroxylation is 2. The van der Waals surface area contributed by atoms with E-state index in [-0.39, 0.29) is 6.61 Å². The molecule has 0 spiro atoms. The molecule has 28 heavy (non-hydrogen) atoms. The molecular formula is C21H23NO5S. The number of methoxy groups -OCH3 is 1. The molecule has 1 aromatic carbocycles. The van der Waals surface area contributed by atoms with Gasteiger partial charge in [-0.1, -0.05) is 13.0 Å². The summed E-state index contributed by atoms with van der Waals surface area (Å²) in [6.07, 6.45) is 3.11. The van der Waals surface area contributed by atoms with Crippen LogP contribution in [0.4, 0.5) is 5.69 Å². The quantitative estimate of drug-likeness (QED) is 0.772. The van der Waals surface area contributed by atoms with Crippen molar-refractivity contribution in [3.05, 3.63) is 50.7 Å². The number of hydrogen-bond donors (Lipinski definition) is 1. The Balaban J connectivity index is 1.59. The Hall–Kier alpha value is -2.67. The second-order valence-corrected chi connectivity index (χ2v) is 8.19. The number of ether oxygens (including phenoxy) is 2. The fourth-order valence-corrected chi connectivity index (χ4v) is 4.30. The van der Waals surface area contributed by atoms with Crippen molar-refractivity contribution < 1.29 is 23.9 Å². The Morgan fingerprint density at radius 1 is 1.21 bits per heavy atom. The molecule has 1 aromatic heterocycles. The van der Waals surface area contributed by atoms with Gasteiger partial charge in [-0.15, -0.1) is 11.3 Å². The van der Waals surface area contributed by atoms with Gasteiger partial charge in [0.25, 0.3) is 5.91 Å². The standard InChI is InChI=1S/C21H23NO5S/c1-12-4-7-17-15(8-12)10-18(28-17)21(25)27-11-19(23)22-16-9-14(20(24)26-3)6-5-13(16)2/h5-6,9-10,12H,4,7-8,11H2,1-3H3,(H,22,23)/t12-/m0/s1. The van der Waals surface area contributed by atoms with Crippen LogP contribution in [0.15, 0.2) is 24.3 Å². The highest BCUT2D eigenvalue weighted by Crippen LogP contribution is 2.32. The molecule has 0 unspecified atom stereocenters. The lowest BCUT2D eigenvalue weighted by molar-refractivity contribution is -0.119. The van der Waals surface area contributed by atoms with E-state index in [1.165, 1.54) is 35.0 Å². The van der Waals surface area contributed by atoms with Gasteiger partial charge in [-0.2, -0.15) is 0 Å². The Labute approximate surface area is 167 Å². The van der Waals surface area contributed by atoms with Gasteiger partial charge in [0, 0.05) is 10.6 Å².